The average molecular weight is 432 g/mol. The van der Waals surface area contributed by atoms with Gasteiger partial charge in [-0.05, 0) is 36.5 Å². The summed E-state index contributed by atoms with van der Waals surface area (Å²) in [4.78, 5) is 38.9. The van der Waals surface area contributed by atoms with E-state index in [9.17, 15) is 14.4 Å². The summed E-state index contributed by atoms with van der Waals surface area (Å²) in [6.07, 6.45) is 5.18. The van der Waals surface area contributed by atoms with Gasteiger partial charge in [0, 0.05) is 6.04 Å². The third kappa shape index (κ3) is 4.70. The van der Waals surface area contributed by atoms with Crippen LogP contribution in [-0.4, -0.2) is 41.8 Å². The number of para-hydroxylation sites is 2. The third-order valence-electron chi connectivity index (χ3n) is 5.05. The zero-order valence-corrected chi connectivity index (χ0v) is 17.5. The molecule has 3 rings (SSSR count). The van der Waals surface area contributed by atoms with Gasteiger partial charge in [0.2, 0.25) is 5.91 Å². The largest absolute Gasteiger partial charge is 0.495 e. The minimum Gasteiger partial charge on any atom is -0.495 e. The molecule has 1 saturated carbocycles. The molecule has 0 saturated heterocycles. The van der Waals surface area contributed by atoms with Gasteiger partial charge in [-0.15, -0.1) is 0 Å². The van der Waals surface area contributed by atoms with E-state index < -0.39 is 11.8 Å². The lowest BCUT2D eigenvalue weighted by Crippen LogP contribution is -2.45. The maximum atomic E-state index is 13.3. The average Bonchev–Trinajstić information content (AvgIpc) is 3.14. The molecule has 0 spiro atoms. The van der Waals surface area contributed by atoms with E-state index in [-0.39, 0.29) is 34.8 Å². The van der Waals surface area contributed by atoms with Crippen LogP contribution in [0.3, 0.4) is 0 Å². The second-order valence-electron chi connectivity index (χ2n) is 7.10. The van der Waals surface area contributed by atoms with E-state index in [4.69, 9.17) is 16.2 Å². The number of nitrogens with one attached hydrogen (secondary N) is 1. The number of ether oxygens (including phenoxy) is 1. The van der Waals surface area contributed by atoms with Crippen LogP contribution in [0.1, 0.15) is 52.3 Å². The number of primary amides is 1. The molecule has 3 amide bonds. The van der Waals surface area contributed by atoms with Gasteiger partial charge in [-0.3, -0.25) is 19.3 Å². The molecule has 1 heterocycles. The predicted octanol–water partition coefficient (Wildman–Crippen LogP) is 1.93. The second-order valence-corrected chi connectivity index (χ2v) is 7.88. The van der Waals surface area contributed by atoms with E-state index in [1.165, 1.54) is 18.4 Å². The van der Waals surface area contributed by atoms with Crippen molar-refractivity contribution in [1.29, 1.82) is 0 Å². The molecule has 1 aliphatic rings. The van der Waals surface area contributed by atoms with Crippen molar-refractivity contribution in [3.05, 3.63) is 34.8 Å². The summed E-state index contributed by atoms with van der Waals surface area (Å²) in [5, 5.41) is 3.01. The summed E-state index contributed by atoms with van der Waals surface area (Å²) in [5.41, 5.74) is 11.4. The Morgan fingerprint density at radius 3 is 2.57 bits per heavy atom. The number of nitrogen functional groups attached to an aromatic ring is 1. The molecule has 0 aliphatic heterocycles. The van der Waals surface area contributed by atoms with Crippen LogP contribution >= 0.6 is 11.5 Å². The molecule has 1 aliphatic carbocycles. The number of benzene rings is 1. The highest BCUT2D eigenvalue weighted by Gasteiger charge is 2.29. The SMILES string of the molecule is COc1ccccc1N(CC(=O)NC1CCCCC1)C(=O)c1snc(C(N)=O)c1N. The number of carbonyl (C=O) groups excluding carboxylic acids is 3. The summed E-state index contributed by atoms with van der Waals surface area (Å²) in [6.45, 7) is -0.223. The summed E-state index contributed by atoms with van der Waals surface area (Å²) < 4.78 is 9.26. The first-order valence-corrected chi connectivity index (χ1v) is 10.5. The molecule has 2 aromatic rings. The quantitative estimate of drug-likeness (QED) is 0.612. The van der Waals surface area contributed by atoms with Gasteiger partial charge in [0.1, 0.15) is 17.2 Å². The molecule has 10 heteroatoms. The Kier molecular flexibility index (Phi) is 6.88. The van der Waals surface area contributed by atoms with Crippen molar-refractivity contribution >= 4 is 40.6 Å². The van der Waals surface area contributed by atoms with Crippen molar-refractivity contribution in [3.63, 3.8) is 0 Å². The van der Waals surface area contributed by atoms with Gasteiger partial charge in [-0.25, -0.2) is 0 Å². The van der Waals surface area contributed by atoms with Crippen molar-refractivity contribution in [3.8, 4) is 5.75 Å². The number of nitrogens with zero attached hydrogens (tertiary/aromatic N) is 2. The van der Waals surface area contributed by atoms with E-state index in [0.717, 1.165) is 37.2 Å². The van der Waals surface area contributed by atoms with Gasteiger partial charge < -0.3 is 21.5 Å². The first-order valence-electron chi connectivity index (χ1n) is 9.71. The van der Waals surface area contributed by atoms with E-state index in [2.05, 4.69) is 9.69 Å². The molecule has 0 radical (unpaired) electrons. The van der Waals surface area contributed by atoms with Crippen LogP contribution in [0, 0.1) is 0 Å². The number of nitrogens with two attached hydrogens (primary N) is 2. The maximum absolute atomic E-state index is 13.3. The van der Waals surface area contributed by atoms with Gasteiger partial charge in [-0.1, -0.05) is 31.4 Å². The summed E-state index contributed by atoms with van der Waals surface area (Å²) in [6, 6.07) is 6.98. The highest BCUT2D eigenvalue weighted by atomic mass is 32.1. The van der Waals surface area contributed by atoms with E-state index >= 15 is 0 Å². The molecule has 1 fully saturated rings. The monoisotopic (exact) mass is 431 g/mol. The minimum absolute atomic E-state index is 0.0418. The maximum Gasteiger partial charge on any atom is 0.272 e. The number of hydrogen-bond acceptors (Lipinski definition) is 7. The fourth-order valence-electron chi connectivity index (χ4n) is 3.53. The highest BCUT2D eigenvalue weighted by Crippen LogP contribution is 2.31. The van der Waals surface area contributed by atoms with Crippen LogP contribution < -0.4 is 26.4 Å². The summed E-state index contributed by atoms with van der Waals surface area (Å²) in [5.74, 6) is -1.23. The molecule has 0 unspecified atom stereocenters. The van der Waals surface area contributed by atoms with Gasteiger partial charge in [0.25, 0.3) is 11.8 Å². The van der Waals surface area contributed by atoms with Crippen molar-refractivity contribution in [2.75, 3.05) is 24.3 Å². The molecule has 0 bridgehead atoms. The molecule has 5 N–H and O–H groups in total. The van der Waals surface area contributed by atoms with Gasteiger partial charge in [0.05, 0.1) is 18.5 Å². The fourth-order valence-corrected chi connectivity index (χ4v) is 4.29. The second kappa shape index (κ2) is 9.57. The standard InChI is InChI=1S/C20H25N5O4S/c1-29-14-10-6-5-9-13(14)25(11-15(26)23-12-7-3-2-4-8-12)20(28)18-16(21)17(19(22)27)24-30-18/h5-6,9-10,12H,2-4,7-8,11,21H2,1H3,(H2,22,27)(H,23,26). The topological polar surface area (TPSA) is 141 Å². The van der Waals surface area contributed by atoms with Crippen molar-refractivity contribution in [1.82, 2.24) is 9.69 Å². The first-order chi connectivity index (χ1) is 14.4. The van der Waals surface area contributed by atoms with Crippen molar-refractivity contribution < 1.29 is 19.1 Å². The molecule has 30 heavy (non-hydrogen) atoms. The van der Waals surface area contributed by atoms with E-state index in [1.54, 1.807) is 24.3 Å². The number of carbonyl (C=O) groups is 3. The number of amides is 3. The lowest BCUT2D eigenvalue weighted by atomic mass is 9.95. The third-order valence-corrected chi connectivity index (χ3v) is 5.90. The first kappa shape index (κ1) is 21.6. The molecule has 0 atom stereocenters. The Bertz CT molecular complexity index is 939. The van der Waals surface area contributed by atoms with Crippen LogP contribution in [0.25, 0.3) is 0 Å². The zero-order valence-electron chi connectivity index (χ0n) is 16.7. The molecule has 1 aromatic heterocycles. The molecular weight excluding hydrogens is 406 g/mol. The van der Waals surface area contributed by atoms with Crippen molar-refractivity contribution in [2.45, 2.75) is 38.1 Å². The van der Waals surface area contributed by atoms with Gasteiger partial charge >= 0.3 is 0 Å². The van der Waals surface area contributed by atoms with Crippen LogP contribution in [0.5, 0.6) is 5.75 Å². The highest BCUT2D eigenvalue weighted by molar-refractivity contribution is 7.09. The van der Waals surface area contributed by atoms with Crippen molar-refractivity contribution in [2.24, 2.45) is 5.73 Å². The number of anilines is 2. The minimum atomic E-state index is -0.818. The molecule has 1 aromatic carbocycles. The van der Waals surface area contributed by atoms with Gasteiger partial charge in [0.15, 0.2) is 5.69 Å². The Labute approximate surface area is 178 Å². The lowest BCUT2D eigenvalue weighted by molar-refractivity contribution is -0.120. The molecule has 9 nitrogen and oxygen atoms in total. The lowest BCUT2D eigenvalue weighted by Gasteiger charge is -2.27. The predicted molar refractivity (Wildman–Crippen MR) is 115 cm³/mol. The number of hydrogen-bond donors (Lipinski definition) is 3. The van der Waals surface area contributed by atoms with Crippen LogP contribution in [0.2, 0.25) is 0 Å². The van der Waals surface area contributed by atoms with E-state index in [1.807, 2.05) is 0 Å². The van der Waals surface area contributed by atoms with Gasteiger partial charge in [-0.2, -0.15) is 4.37 Å². The normalized spacial score (nSPS) is 14.2. The fraction of sp³-hybridized carbons (Fsp3) is 0.400. The smallest absolute Gasteiger partial charge is 0.272 e. The Hall–Kier alpha value is -3.14. The summed E-state index contributed by atoms with van der Waals surface area (Å²) >= 11 is 0.772. The zero-order chi connectivity index (χ0) is 21.7. The Morgan fingerprint density at radius 1 is 1.23 bits per heavy atom. The Morgan fingerprint density at radius 2 is 1.93 bits per heavy atom. The molecular formula is C20H25N5O4S. The number of aromatic nitrogens is 1. The Balaban J connectivity index is 1.90. The number of rotatable bonds is 7. The van der Waals surface area contributed by atoms with E-state index in [0.29, 0.717) is 11.4 Å². The summed E-state index contributed by atoms with van der Waals surface area (Å²) in [7, 11) is 1.48. The number of methoxy groups -OCH3 is 1. The van der Waals surface area contributed by atoms with Crippen LogP contribution in [0.4, 0.5) is 11.4 Å². The van der Waals surface area contributed by atoms with Crippen LogP contribution in [-0.2, 0) is 4.79 Å². The van der Waals surface area contributed by atoms with Crippen LogP contribution in [0.15, 0.2) is 24.3 Å². The molecule has 160 valence electrons.